The van der Waals surface area contributed by atoms with Crippen LogP contribution in [0.15, 0.2) is 30.5 Å². The van der Waals surface area contributed by atoms with Crippen molar-refractivity contribution < 1.29 is 54.0 Å². The van der Waals surface area contributed by atoms with Crippen LogP contribution in [0, 0.1) is 0 Å². The highest BCUT2D eigenvalue weighted by Gasteiger charge is 2.32. The molecule has 4 amide bonds. The Bertz CT molecular complexity index is 1410. The quantitative estimate of drug-likeness (QED) is 0.0868. The van der Waals surface area contributed by atoms with E-state index in [0.29, 0.717) is 5.56 Å². The minimum absolute atomic E-state index is 0.126. The minimum Gasteiger partial charge on any atom is -0.481 e. The SMILES string of the molecule is C[C@H](NC(=O)[C@H](Cc1c[nH]c2ccccc12)NC(=O)[C@H](CCC(=O)O)NC(=O)[C@@H](N)[C@@H](C)O)C(=O)N[C@@H](CCC(=O)O)C(=O)O. The number of amides is 4. The summed E-state index contributed by atoms with van der Waals surface area (Å²) in [5.74, 6) is -7.70. The summed E-state index contributed by atoms with van der Waals surface area (Å²) in [5.41, 5.74) is 6.96. The molecule has 2 aromatic rings. The summed E-state index contributed by atoms with van der Waals surface area (Å²) in [6.45, 7) is 2.50. The number of carbonyl (C=O) groups is 7. The lowest BCUT2D eigenvalue weighted by Gasteiger charge is -2.25. The molecule has 0 saturated heterocycles. The average Bonchev–Trinajstić information content (AvgIpc) is 3.38. The summed E-state index contributed by atoms with van der Waals surface area (Å²) in [6, 6.07) is -0.0729. The molecule has 45 heavy (non-hydrogen) atoms. The molecule has 246 valence electrons. The molecule has 17 nitrogen and oxygen atoms in total. The molecule has 1 aromatic heterocycles. The van der Waals surface area contributed by atoms with E-state index in [1.807, 2.05) is 0 Å². The van der Waals surface area contributed by atoms with E-state index in [0.717, 1.165) is 10.9 Å². The van der Waals surface area contributed by atoms with E-state index in [9.17, 15) is 43.8 Å². The third kappa shape index (κ3) is 11.2. The van der Waals surface area contributed by atoms with E-state index in [4.69, 9.17) is 15.9 Å². The number of aromatic nitrogens is 1. The highest BCUT2D eigenvalue weighted by atomic mass is 16.4. The van der Waals surface area contributed by atoms with Crippen LogP contribution in [0.5, 0.6) is 0 Å². The lowest BCUT2D eigenvalue weighted by Crippen LogP contribution is -2.59. The third-order valence-corrected chi connectivity index (χ3v) is 6.85. The number of benzene rings is 1. The molecule has 1 heterocycles. The molecule has 0 unspecified atom stereocenters. The number of aromatic amines is 1. The van der Waals surface area contributed by atoms with Gasteiger partial charge >= 0.3 is 17.9 Å². The van der Waals surface area contributed by atoms with E-state index < -0.39 is 97.1 Å². The normalized spacial score (nSPS) is 15.0. The Kier molecular flexibility index (Phi) is 13.4. The molecule has 11 N–H and O–H groups in total. The molecule has 6 atom stereocenters. The van der Waals surface area contributed by atoms with Crippen LogP contribution in [0.2, 0.25) is 0 Å². The predicted octanol–water partition coefficient (Wildman–Crippen LogP) is -1.81. The van der Waals surface area contributed by atoms with Gasteiger partial charge in [0.15, 0.2) is 0 Å². The number of aliphatic hydroxyl groups excluding tert-OH is 1. The smallest absolute Gasteiger partial charge is 0.326 e. The van der Waals surface area contributed by atoms with Gasteiger partial charge in [0.2, 0.25) is 23.6 Å². The van der Waals surface area contributed by atoms with Crippen LogP contribution < -0.4 is 27.0 Å². The van der Waals surface area contributed by atoms with Crippen LogP contribution in [-0.4, -0.2) is 103 Å². The van der Waals surface area contributed by atoms with Crippen molar-refractivity contribution in [2.45, 2.75) is 82.3 Å². The van der Waals surface area contributed by atoms with Gasteiger partial charge in [0.05, 0.1) is 6.10 Å². The Morgan fingerprint density at radius 1 is 0.756 bits per heavy atom. The molecule has 0 aliphatic rings. The standard InChI is InChI=1S/C28H38N6O11/c1-13(24(40)33-19(28(44)45)8-10-22(38)39)31-26(42)20(11-15-12-30-17-6-4-3-5-16(15)17)34-25(41)18(7-9-21(36)37)32-27(43)23(29)14(2)35/h3-6,12-14,18-20,23,30,35H,7-11,29H2,1-2H3,(H,31,42)(H,32,43)(H,33,40)(H,34,41)(H,36,37)(H,38,39)(H,44,45)/t13-,14+,18-,19-,20-,23-/m0/s1. The zero-order valence-corrected chi connectivity index (χ0v) is 24.6. The fourth-order valence-corrected chi connectivity index (χ4v) is 4.23. The number of nitrogens with one attached hydrogen (secondary N) is 5. The van der Waals surface area contributed by atoms with Gasteiger partial charge in [0, 0.05) is 36.4 Å². The number of nitrogens with two attached hydrogens (primary N) is 1. The maximum Gasteiger partial charge on any atom is 0.326 e. The number of hydrogen-bond donors (Lipinski definition) is 10. The number of carboxylic acids is 3. The predicted molar refractivity (Wildman–Crippen MR) is 156 cm³/mol. The molecule has 0 bridgehead atoms. The van der Waals surface area contributed by atoms with Crippen molar-refractivity contribution in [1.82, 2.24) is 26.3 Å². The van der Waals surface area contributed by atoms with Crippen molar-refractivity contribution in [3.63, 3.8) is 0 Å². The zero-order chi connectivity index (χ0) is 33.8. The summed E-state index contributed by atoms with van der Waals surface area (Å²) in [5, 5.41) is 47.0. The summed E-state index contributed by atoms with van der Waals surface area (Å²) < 4.78 is 0. The molecule has 0 aliphatic carbocycles. The second kappa shape index (κ2) is 16.7. The fourth-order valence-electron chi connectivity index (χ4n) is 4.23. The number of carboxylic acid groups (broad SMARTS) is 3. The molecule has 2 rings (SSSR count). The lowest BCUT2D eigenvalue weighted by molar-refractivity contribution is -0.143. The molecule has 0 spiro atoms. The maximum atomic E-state index is 13.5. The monoisotopic (exact) mass is 634 g/mol. The molecule has 17 heteroatoms. The number of H-pyrrole nitrogens is 1. The van der Waals surface area contributed by atoms with Gasteiger partial charge in [-0.1, -0.05) is 18.2 Å². The Morgan fingerprint density at radius 2 is 1.29 bits per heavy atom. The van der Waals surface area contributed by atoms with Gasteiger partial charge in [-0.2, -0.15) is 0 Å². The van der Waals surface area contributed by atoms with Crippen LogP contribution in [0.3, 0.4) is 0 Å². The van der Waals surface area contributed by atoms with Crippen LogP contribution >= 0.6 is 0 Å². The summed E-state index contributed by atoms with van der Waals surface area (Å²) in [6.07, 6.45) is -1.65. The molecule has 1 aromatic carbocycles. The number of carbonyl (C=O) groups excluding carboxylic acids is 4. The molecule has 0 saturated carbocycles. The van der Waals surface area contributed by atoms with Crippen LogP contribution in [0.25, 0.3) is 10.9 Å². The van der Waals surface area contributed by atoms with Crippen molar-refractivity contribution in [3.8, 4) is 0 Å². The van der Waals surface area contributed by atoms with Gasteiger partial charge in [-0.05, 0) is 38.3 Å². The Hall–Kier alpha value is -5.03. The number of rotatable bonds is 18. The van der Waals surface area contributed by atoms with Crippen molar-refractivity contribution in [2.24, 2.45) is 5.73 Å². The largest absolute Gasteiger partial charge is 0.481 e. The first kappa shape index (κ1) is 36.2. The van der Waals surface area contributed by atoms with Crippen molar-refractivity contribution in [1.29, 1.82) is 0 Å². The Balaban J connectivity index is 2.30. The molecule has 0 aliphatic heterocycles. The number of aliphatic carboxylic acids is 3. The number of fused-ring (bicyclic) bond motifs is 1. The van der Waals surface area contributed by atoms with E-state index in [1.165, 1.54) is 13.8 Å². The lowest BCUT2D eigenvalue weighted by atomic mass is 10.0. The zero-order valence-electron chi connectivity index (χ0n) is 24.6. The molecule has 0 radical (unpaired) electrons. The number of para-hydroxylation sites is 1. The van der Waals surface area contributed by atoms with Crippen molar-refractivity contribution in [2.75, 3.05) is 0 Å². The van der Waals surface area contributed by atoms with E-state index in [2.05, 4.69) is 26.3 Å². The van der Waals surface area contributed by atoms with Gasteiger partial charge < -0.3 is 52.4 Å². The average molecular weight is 635 g/mol. The number of aliphatic hydroxyl groups is 1. The fraction of sp³-hybridized carbons (Fsp3) is 0.464. The minimum atomic E-state index is -1.54. The Labute approximate surface area is 256 Å². The molecular formula is C28H38N6O11. The second-order valence-electron chi connectivity index (χ2n) is 10.4. The van der Waals surface area contributed by atoms with Gasteiger partial charge in [-0.25, -0.2) is 4.79 Å². The summed E-state index contributed by atoms with van der Waals surface area (Å²) in [7, 11) is 0. The topological polar surface area (TPSA) is 290 Å². The number of hydrogen-bond acceptors (Lipinski definition) is 9. The van der Waals surface area contributed by atoms with E-state index >= 15 is 0 Å². The Morgan fingerprint density at radius 3 is 1.87 bits per heavy atom. The van der Waals surface area contributed by atoms with Crippen LogP contribution in [0.1, 0.15) is 45.1 Å². The van der Waals surface area contributed by atoms with Crippen molar-refractivity contribution in [3.05, 3.63) is 36.0 Å². The first-order chi connectivity index (χ1) is 21.1. The molecular weight excluding hydrogens is 596 g/mol. The summed E-state index contributed by atoms with van der Waals surface area (Å²) in [4.78, 5) is 88.6. The third-order valence-electron chi connectivity index (χ3n) is 6.85. The van der Waals surface area contributed by atoms with Gasteiger partial charge in [-0.15, -0.1) is 0 Å². The van der Waals surface area contributed by atoms with E-state index in [-0.39, 0.29) is 12.8 Å². The van der Waals surface area contributed by atoms with E-state index in [1.54, 1.807) is 30.5 Å². The van der Waals surface area contributed by atoms with Gasteiger partial charge in [0.25, 0.3) is 0 Å². The first-order valence-electron chi connectivity index (χ1n) is 14.0. The summed E-state index contributed by atoms with van der Waals surface area (Å²) >= 11 is 0. The van der Waals surface area contributed by atoms with Crippen molar-refractivity contribution >= 4 is 52.4 Å². The van der Waals surface area contributed by atoms with Gasteiger partial charge in [0.1, 0.15) is 30.2 Å². The maximum absolute atomic E-state index is 13.5. The first-order valence-corrected chi connectivity index (χ1v) is 14.0. The highest BCUT2D eigenvalue weighted by molar-refractivity contribution is 5.96. The van der Waals surface area contributed by atoms with Crippen LogP contribution in [-0.2, 0) is 40.0 Å². The highest BCUT2D eigenvalue weighted by Crippen LogP contribution is 2.19. The molecule has 0 fully saturated rings. The van der Waals surface area contributed by atoms with Gasteiger partial charge in [-0.3, -0.25) is 28.8 Å². The second-order valence-corrected chi connectivity index (χ2v) is 10.4. The van der Waals surface area contributed by atoms with Crippen LogP contribution in [0.4, 0.5) is 0 Å².